The largest absolute Gasteiger partial charge is 0.313 e. The molecule has 0 aliphatic heterocycles. The Morgan fingerprint density at radius 3 is 2.67 bits per heavy atom. The van der Waals surface area contributed by atoms with Gasteiger partial charge in [0.25, 0.3) is 0 Å². The van der Waals surface area contributed by atoms with Crippen LogP contribution in [0, 0.1) is 0 Å². The van der Waals surface area contributed by atoms with Gasteiger partial charge in [0.2, 0.25) is 10.0 Å². The van der Waals surface area contributed by atoms with Gasteiger partial charge in [-0.1, -0.05) is 25.1 Å². The van der Waals surface area contributed by atoms with E-state index in [-0.39, 0.29) is 0 Å². The Morgan fingerprint density at radius 2 is 1.95 bits per heavy atom. The second-order valence-corrected chi connectivity index (χ2v) is 7.26. The first kappa shape index (κ1) is 16.2. The number of sulfonamides is 1. The predicted octanol–water partition coefficient (Wildman–Crippen LogP) is 2.73. The van der Waals surface area contributed by atoms with E-state index in [9.17, 15) is 8.42 Å². The molecule has 0 spiro atoms. The molecule has 1 heterocycles. The van der Waals surface area contributed by atoms with E-state index in [0.717, 1.165) is 24.1 Å². The molecule has 0 aliphatic carbocycles. The van der Waals surface area contributed by atoms with Crippen LogP contribution < -0.4 is 10.0 Å². The van der Waals surface area contributed by atoms with Gasteiger partial charge in [0, 0.05) is 13.1 Å². The molecule has 0 atom stereocenters. The standard InChI is InChI=1S/C15H20N2O2S2/c1-2-8-16-11-14-5-3-4-6-15(14)21(18,19)17-10-13-7-9-20-12-13/h3-7,9,12,16-17H,2,8,10-11H2,1H3. The first-order valence-corrected chi connectivity index (χ1v) is 9.35. The molecule has 6 heteroatoms. The molecule has 0 saturated heterocycles. The van der Waals surface area contributed by atoms with Crippen molar-refractivity contribution in [1.82, 2.24) is 10.0 Å². The number of rotatable bonds is 8. The van der Waals surface area contributed by atoms with E-state index in [2.05, 4.69) is 17.0 Å². The lowest BCUT2D eigenvalue weighted by Crippen LogP contribution is -2.25. The van der Waals surface area contributed by atoms with Gasteiger partial charge in [-0.3, -0.25) is 0 Å². The summed E-state index contributed by atoms with van der Waals surface area (Å²) in [6.07, 6.45) is 1.02. The van der Waals surface area contributed by atoms with Gasteiger partial charge in [-0.2, -0.15) is 11.3 Å². The lowest BCUT2D eigenvalue weighted by molar-refractivity contribution is 0.578. The minimum absolute atomic E-state index is 0.322. The molecule has 2 N–H and O–H groups in total. The first-order chi connectivity index (χ1) is 10.1. The summed E-state index contributed by atoms with van der Waals surface area (Å²) in [5, 5.41) is 7.12. The Labute approximate surface area is 130 Å². The molecule has 1 aromatic carbocycles. The summed E-state index contributed by atoms with van der Waals surface area (Å²) in [6, 6.07) is 9.03. The fourth-order valence-electron chi connectivity index (χ4n) is 1.96. The molecule has 0 saturated carbocycles. The van der Waals surface area contributed by atoms with Crippen LogP contribution in [-0.2, 0) is 23.1 Å². The van der Waals surface area contributed by atoms with E-state index < -0.39 is 10.0 Å². The van der Waals surface area contributed by atoms with Crippen LogP contribution in [0.4, 0.5) is 0 Å². The lowest BCUT2D eigenvalue weighted by Gasteiger charge is -2.11. The number of nitrogens with one attached hydrogen (secondary N) is 2. The van der Waals surface area contributed by atoms with Crippen molar-refractivity contribution in [3.63, 3.8) is 0 Å². The molecular weight excluding hydrogens is 304 g/mol. The molecular formula is C15H20N2O2S2. The highest BCUT2D eigenvalue weighted by molar-refractivity contribution is 7.89. The van der Waals surface area contributed by atoms with Crippen LogP contribution in [0.5, 0.6) is 0 Å². The smallest absolute Gasteiger partial charge is 0.241 e. The van der Waals surface area contributed by atoms with Crippen molar-refractivity contribution in [3.05, 3.63) is 52.2 Å². The summed E-state index contributed by atoms with van der Waals surface area (Å²) in [5.41, 5.74) is 1.77. The van der Waals surface area contributed by atoms with Crippen molar-refractivity contribution in [2.75, 3.05) is 6.54 Å². The van der Waals surface area contributed by atoms with Crippen molar-refractivity contribution in [2.45, 2.75) is 31.3 Å². The van der Waals surface area contributed by atoms with Crippen molar-refractivity contribution in [1.29, 1.82) is 0 Å². The van der Waals surface area contributed by atoms with Crippen LogP contribution in [0.2, 0.25) is 0 Å². The van der Waals surface area contributed by atoms with Gasteiger partial charge in [-0.05, 0) is 47.0 Å². The number of benzene rings is 1. The summed E-state index contributed by atoms with van der Waals surface area (Å²) < 4.78 is 27.6. The summed E-state index contributed by atoms with van der Waals surface area (Å²) in [6.45, 7) is 3.83. The maximum absolute atomic E-state index is 12.4. The number of thiophene rings is 1. The summed E-state index contributed by atoms with van der Waals surface area (Å²) in [5.74, 6) is 0. The maximum Gasteiger partial charge on any atom is 0.241 e. The molecule has 0 amide bonds. The zero-order chi connectivity index (χ0) is 15.1. The Hall–Kier alpha value is -1.21. The van der Waals surface area contributed by atoms with E-state index in [1.54, 1.807) is 23.5 Å². The average Bonchev–Trinajstić information content (AvgIpc) is 2.99. The van der Waals surface area contributed by atoms with Gasteiger partial charge >= 0.3 is 0 Å². The molecule has 0 aliphatic rings. The molecule has 0 radical (unpaired) electrons. The molecule has 114 valence electrons. The van der Waals surface area contributed by atoms with E-state index in [4.69, 9.17) is 0 Å². The molecule has 0 unspecified atom stereocenters. The SMILES string of the molecule is CCCNCc1ccccc1S(=O)(=O)NCc1ccsc1. The highest BCUT2D eigenvalue weighted by Gasteiger charge is 2.17. The Bertz CT molecular complexity index is 652. The molecule has 21 heavy (non-hydrogen) atoms. The fourth-order valence-corrected chi connectivity index (χ4v) is 3.89. The summed E-state index contributed by atoms with van der Waals surface area (Å²) in [7, 11) is -3.49. The van der Waals surface area contributed by atoms with Gasteiger partial charge in [-0.15, -0.1) is 0 Å². The zero-order valence-electron chi connectivity index (χ0n) is 12.0. The summed E-state index contributed by atoms with van der Waals surface area (Å²) in [4.78, 5) is 0.351. The van der Waals surface area contributed by atoms with Crippen LogP contribution in [0.1, 0.15) is 24.5 Å². The third kappa shape index (κ3) is 4.64. The minimum Gasteiger partial charge on any atom is -0.313 e. The van der Waals surface area contributed by atoms with Crippen molar-refractivity contribution >= 4 is 21.4 Å². The molecule has 1 aromatic heterocycles. The van der Waals surface area contributed by atoms with Gasteiger partial charge < -0.3 is 5.32 Å². The van der Waals surface area contributed by atoms with E-state index in [1.165, 1.54) is 0 Å². The first-order valence-electron chi connectivity index (χ1n) is 6.93. The number of hydrogen-bond acceptors (Lipinski definition) is 4. The van der Waals surface area contributed by atoms with Gasteiger partial charge in [0.05, 0.1) is 4.90 Å². The Balaban J connectivity index is 2.11. The Morgan fingerprint density at radius 1 is 1.14 bits per heavy atom. The van der Waals surface area contributed by atoms with Crippen LogP contribution >= 0.6 is 11.3 Å². The predicted molar refractivity (Wildman–Crippen MR) is 86.8 cm³/mol. The van der Waals surface area contributed by atoms with Crippen molar-refractivity contribution in [2.24, 2.45) is 0 Å². The third-order valence-corrected chi connectivity index (χ3v) is 5.28. The maximum atomic E-state index is 12.4. The van der Waals surface area contributed by atoms with Crippen LogP contribution in [-0.4, -0.2) is 15.0 Å². The molecule has 4 nitrogen and oxygen atoms in total. The molecule has 2 rings (SSSR count). The van der Waals surface area contributed by atoms with E-state index >= 15 is 0 Å². The lowest BCUT2D eigenvalue weighted by atomic mass is 10.2. The van der Waals surface area contributed by atoms with Gasteiger partial charge in [0.15, 0.2) is 0 Å². The van der Waals surface area contributed by atoms with E-state index in [0.29, 0.717) is 18.0 Å². The third-order valence-electron chi connectivity index (χ3n) is 3.05. The van der Waals surface area contributed by atoms with Gasteiger partial charge in [-0.25, -0.2) is 13.1 Å². The zero-order valence-corrected chi connectivity index (χ0v) is 13.6. The highest BCUT2D eigenvalue weighted by atomic mass is 32.2. The normalized spacial score (nSPS) is 11.7. The monoisotopic (exact) mass is 324 g/mol. The number of hydrogen-bond donors (Lipinski definition) is 2. The van der Waals surface area contributed by atoms with Crippen LogP contribution in [0.15, 0.2) is 46.0 Å². The second-order valence-electron chi connectivity index (χ2n) is 4.74. The highest BCUT2D eigenvalue weighted by Crippen LogP contribution is 2.16. The topological polar surface area (TPSA) is 58.2 Å². The van der Waals surface area contributed by atoms with Crippen LogP contribution in [0.3, 0.4) is 0 Å². The Kier molecular flexibility index (Phi) is 5.93. The molecule has 0 fully saturated rings. The van der Waals surface area contributed by atoms with Crippen LogP contribution in [0.25, 0.3) is 0 Å². The van der Waals surface area contributed by atoms with Gasteiger partial charge in [0.1, 0.15) is 0 Å². The molecule has 0 bridgehead atoms. The second kappa shape index (κ2) is 7.70. The molecule has 2 aromatic rings. The quantitative estimate of drug-likeness (QED) is 0.734. The van der Waals surface area contributed by atoms with Crippen molar-refractivity contribution < 1.29 is 8.42 Å². The minimum atomic E-state index is -3.49. The fraction of sp³-hybridized carbons (Fsp3) is 0.333. The van der Waals surface area contributed by atoms with E-state index in [1.807, 2.05) is 29.0 Å². The summed E-state index contributed by atoms with van der Waals surface area (Å²) >= 11 is 1.56. The van der Waals surface area contributed by atoms with Crippen molar-refractivity contribution in [3.8, 4) is 0 Å². The average molecular weight is 324 g/mol.